The maximum atomic E-state index is 14.0. The van der Waals surface area contributed by atoms with E-state index in [0.717, 1.165) is 35.3 Å². The van der Waals surface area contributed by atoms with Crippen LogP contribution in [-0.2, 0) is 6.42 Å². The smallest absolute Gasteiger partial charge is 0.387 e. The van der Waals surface area contributed by atoms with Crippen molar-refractivity contribution >= 4 is 9.52 Å². The molecule has 5 heteroatoms. The van der Waals surface area contributed by atoms with E-state index in [0.29, 0.717) is 5.56 Å². The molecule has 2 aromatic carbocycles. The Labute approximate surface area is 218 Å². The molecule has 0 N–H and O–H groups in total. The molecule has 36 heavy (non-hydrogen) atoms. The van der Waals surface area contributed by atoms with E-state index in [1.807, 2.05) is 12.1 Å². The maximum Gasteiger partial charge on any atom is 0.387 e. The first kappa shape index (κ1) is 27.3. The number of rotatable bonds is 11. The molecule has 2 aliphatic rings. The van der Waals surface area contributed by atoms with Gasteiger partial charge in [0.05, 0.1) is 0 Å². The molecule has 2 aromatic rings. The first-order valence-corrected chi connectivity index (χ1v) is 16.2. The van der Waals surface area contributed by atoms with Crippen LogP contribution in [0.2, 0.25) is 11.6 Å². The number of unbranched alkanes of at least 4 members (excludes halogenated alkanes) is 1. The van der Waals surface area contributed by atoms with E-state index in [-0.39, 0.29) is 9.52 Å². The number of benzene rings is 2. The van der Waals surface area contributed by atoms with Crippen LogP contribution in [0.5, 0.6) is 5.75 Å². The van der Waals surface area contributed by atoms with Crippen molar-refractivity contribution in [2.45, 2.75) is 102 Å². The summed E-state index contributed by atoms with van der Waals surface area (Å²) < 4.78 is 42.9. The molecule has 0 heterocycles. The number of ether oxygens (including phenoxy) is 1. The predicted molar refractivity (Wildman–Crippen MR) is 146 cm³/mol. The average molecular weight is 517 g/mol. The molecule has 4 rings (SSSR count). The quantitative estimate of drug-likeness (QED) is 0.214. The van der Waals surface area contributed by atoms with Gasteiger partial charge in [-0.15, -0.1) is 0 Å². The van der Waals surface area contributed by atoms with Crippen molar-refractivity contribution in [3.63, 3.8) is 0 Å². The molecular formula is C31H43F3OSi. The normalized spacial score (nSPS) is 25.0. The molecule has 0 aliphatic heterocycles. The van der Waals surface area contributed by atoms with Crippen LogP contribution in [0.4, 0.5) is 13.2 Å². The fraction of sp³-hybridized carbons (Fsp3) is 0.613. The fourth-order valence-corrected chi connectivity index (χ4v) is 8.67. The molecule has 0 saturated heterocycles. The zero-order chi connectivity index (χ0) is 25.3. The highest BCUT2D eigenvalue weighted by molar-refractivity contribution is 6.37. The highest BCUT2D eigenvalue weighted by Gasteiger charge is 2.30. The minimum Gasteiger partial charge on any atom is -0.432 e. The molecular weight excluding hydrogens is 473 g/mol. The first-order valence-electron chi connectivity index (χ1n) is 14.4. The Morgan fingerprint density at radius 2 is 1.47 bits per heavy atom. The molecule has 2 fully saturated rings. The summed E-state index contributed by atoms with van der Waals surface area (Å²) >= 11 is 0. The van der Waals surface area contributed by atoms with E-state index in [1.54, 1.807) is 18.9 Å². The van der Waals surface area contributed by atoms with E-state index in [4.69, 9.17) is 0 Å². The number of alkyl halides is 2. The van der Waals surface area contributed by atoms with Crippen molar-refractivity contribution in [2.75, 3.05) is 0 Å². The molecule has 0 unspecified atom stereocenters. The number of halogens is 3. The third-order valence-corrected chi connectivity index (χ3v) is 11.1. The van der Waals surface area contributed by atoms with E-state index in [9.17, 15) is 13.2 Å². The third-order valence-electron chi connectivity index (χ3n) is 8.91. The van der Waals surface area contributed by atoms with Gasteiger partial charge in [-0.3, -0.25) is 0 Å². The van der Waals surface area contributed by atoms with Crippen LogP contribution in [0.3, 0.4) is 0 Å². The lowest BCUT2D eigenvalue weighted by atomic mass is 9.70. The van der Waals surface area contributed by atoms with Crippen molar-refractivity contribution < 1.29 is 17.9 Å². The van der Waals surface area contributed by atoms with Crippen LogP contribution >= 0.6 is 0 Å². The van der Waals surface area contributed by atoms with Gasteiger partial charge in [-0.05, 0) is 72.3 Å². The van der Waals surface area contributed by atoms with Crippen LogP contribution in [0, 0.1) is 23.6 Å². The summed E-state index contributed by atoms with van der Waals surface area (Å²) in [5.41, 5.74) is 3.98. The van der Waals surface area contributed by atoms with Crippen molar-refractivity contribution in [1.82, 2.24) is 0 Å². The molecule has 1 nitrogen and oxygen atoms in total. The molecule has 0 atom stereocenters. The zero-order valence-corrected chi connectivity index (χ0v) is 23.3. The van der Waals surface area contributed by atoms with Crippen LogP contribution in [0.15, 0.2) is 42.5 Å². The molecule has 0 radical (unpaired) electrons. The summed E-state index contributed by atoms with van der Waals surface area (Å²) in [4.78, 5) is 0. The topological polar surface area (TPSA) is 9.23 Å². The highest BCUT2D eigenvalue weighted by atomic mass is 28.2. The van der Waals surface area contributed by atoms with Crippen LogP contribution in [0.25, 0.3) is 11.1 Å². The summed E-state index contributed by atoms with van der Waals surface area (Å²) in [5, 5.41) is 0. The second kappa shape index (κ2) is 13.7. The molecule has 0 spiro atoms. The summed E-state index contributed by atoms with van der Waals surface area (Å²) in [7, 11) is 0.225. The lowest BCUT2D eigenvalue weighted by molar-refractivity contribution is -0.0521. The van der Waals surface area contributed by atoms with Crippen molar-refractivity contribution in [3.8, 4) is 16.9 Å². The SMILES string of the molecule is CC[SiH2][C@H]1CC[C@H]([C@H]2CC[C@H](CCCCc3ccc(-c4ccc(OC(F)F)c(F)c4)cc3)CC2)CC1. The van der Waals surface area contributed by atoms with Gasteiger partial charge in [0.15, 0.2) is 11.6 Å². The van der Waals surface area contributed by atoms with Crippen molar-refractivity contribution in [2.24, 2.45) is 17.8 Å². The summed E-state index contributed by atoms with van der Waals surface area (Å²) in [6, 6.07) is 13.8. The van der Waals surface area contributed by atoms with E-state index < -0.39 is 18.2 Å². The Hall–Kier alpha value is -1.75. The molecule has 2 aliphatic carbocycles. The Morgan fingerprint density at radius 1 is 0.833 bits per heavy atom. The fourth-order valence-electron chi connectivity index (χ4n) is 6.80. The third kappa shape index (κ3) is 7.87. The molecule has 2 saturated carbocycles. The zero-order valence-electron chi connectivity index (χ0n) is 21.9. The molecule has 198 valence electrons. The maximum absolute atomic E-state index is 14.0. The predicted octanol–water partition coefficient (Wildman–Crippen LogP) is 9.20. The Morgan fingerprint density at radius 3 is 2.08 bits per heavy atom. The van der Waals surface area contributed by atoms with E-state index >= 15 is 0 Å². The summed E-state index contributed by atoms with van der Waals surface area (Å²) in [5.74, 6) is 1.79. The minimum absolute atomic E-state index is 0.225. The largest absolute Gasteiger partial charge is 0.432 e. The van der Waals surface area contributed by atoms with E-state index in [1.165, 1.54) is 81.5 Å². The number of hydrogen-bond acceptors (Lipinski definition) is 1. The second-order valence-electron chi connectivity index (χ2n) is 11.3. The summed E-state index contributed by atoms with van der Waals surface area (Å²) in [6.45, 7) is -0.638. The lowest BCUT2D eigenvalue weighted by Gasteiger charge is -2.38. The molecule has 0 bridgehead atoms. The van der Waals surface area contributed by atoms with Gasteiger partial charge >= 0.3 is 6.61 Å². The number of hydrogen-bond donors (Lipinski definition) is 0. The van der Waals surface area contributed by atoms with Crippen LogP contribution < -0.4 is 4.74 Å². The van der Waals surface area contributed by atoms with Gasteiger partial charge in [0, 0.05) is 9.52 Å². The van der Waals surface area contributed by atoms with Gasteiger partial charge in [0.2, 0.25) is 0 Å². The van der Waals surface area contributed by atoms with E-state index in [2.05, 4.69) is 23.8 Å². The second-order valence-corrected chi connectivity index (χ2v) is 14.0. The van der Waals surface area contributed by atoms with Gasteiger partial charge < -0.3 is 4.74 Å². The molecule has 0 amide bonds. The van der Waals surface area contributed by atoms with Crippen LogP contribution in [0.1, 0.15) is 83.1 Å². The number of aryl methyl sites for hydroxylation is 1. The van der Waals surface area contributed by atoms with Gasteiger partial charge in [0.1, 0.15) is 0 Å². The monoisotopic (exact) mass is 516 g/mol. The van der Waals surface area contributed by atoms with Crippen molar-refractivity contribution in [3.05, 3.63) is 53.8 Å². The Kier molecular flexibility index (Phi) is 10.4. The highest BCUT2D eigenvalue weighted by Crippen LogP contribution is 2.43. The summed E-state index contributed by atoms with van der Waals surface area (Å²) in [6.07, 6.45) is 16.9. The standard InChI is InChI=1S/C31H43F3OSi/c1-2-36-28-18-15-25(16-19-28)24-11-7-22(8-12-24)5-3-4-6-23-9-13-26(14-10-23)27-17-20-30(29(32)21-27)35-31(33)34/h9-10,13-14,17,20-22,24-25,28,31H,2-8,11-12,15-16,18-19,36H2,1H3/t22-,24-,25-,28-. The van der Waals surface area contributed by atoms with Gasteiger partial charge in [-0.2, -0.15) is 8.78 Å². The van der Waals surface area contributed by atoms with Crippen molar-refractivity contribution in [1.29, 1.82) is 0 Å². The van der Waals surface area contributed by atoms with Gasteiger partial charge in [0.25, 0.3) is 0 Å². The average Bonchev–Trinajstić information content (AvgIpc) is 2.89. The minimum atomic E-state index is -3.03. The lowest BCUT2D eigenvalue weighted by Crippen LogP contribution is -2.25. The first-order chi connectivity index (χ1) is 17.5. The molecule has 0 aromatic heterocycles. The Balaban J connectivity index is 1.14. The Bertz CT molecular complexity index is 916. The van der Waals surface area contributed by atoms with Gasteiger partial charge in [-0.25, -0.2) is 4.39 Å². The van der Waals surface area contributed by atoms with Crippen LogP contribution in [-0.4, -0.2) is 16.1 Å². The van der Waals surface area contributed by atoms with Gasteiger partial charge in [-0.1, -0.05) is 100 Å².